The van der Waals surface area contributed by atoms with E-state index in [2.05, 4.69) is 0 Å². The molecule has 0 radical (unpaired) electrons. The van der Waals surface area contributed by atoms with Gasteiger partial charge in [-0.05, 0) is 17.2 Å². The third-order valence-electron chi connectivity index (χ3n) is 0.899. The van der Waals surface area contributed by atoms with E-state index in [-0.39, 0.29) is 0 Å². The van der Waals surface area contributed by atoms with Crippen molar-refractivity contribution in [1.29, 1.82) is 0 Å². The molecular formula is C6H6OS. The highest BCUT2D eigenvalue weighted by Crippen LogP contribution is 2.16. The molecule has 0 atom stereocenters. The van der Waals surface area contributed by atoms with Gasteiger partial charge in [-0.1, -0.05) is 6.08 Å². The summed E-state index contributed by atoms with van der Waals surface area (Å²) >= 11 is 1.55. The number of hydrogen-bond acceptors (Lipinski definition) is 2. The molecule has 1 aliphatic heterocycles. The summed E-state index contributed by atoms with van der Waals surface area (Å²) in [5.74, 6) is 0. The minimum absolute atomic E-state index is 0.802. The van der Waals surface area contributed by atoms with Gasteiger partial charge in [-0.25, -0.2) is 0 Å². The predicted octanol–water partition coefficient (Wildman–Crippen LogP) is 1.72. The molecule has 0 bridgehead atoms. The van der Waals surface area contributed by atoms with Crippen molar-refractivity contribution < 1.29 is 4.79 Å². The lowest BCUT2D eigenvalue weighted by Crippen LogP contribution is -1.82. The van der Waals surface area contributed by atoms with Crippen LogP contribution in [0.2, 0.25) is 0 Å². The van der Waals surface area contributed by atoms with E-state index in [1.807, 2.05) is 16.9 Å². The number of hydrogen-bond donors (Lipinski definition) is 0. The molecular weight excluding hydrogens is 120 g/mol. The summed E-state index contributed by atoms with van der Waals surface area (Å²) in [7, 11) is 0. The van der Waals surface area contributed by atoms with Gasteiger partial charge in [0, 0.05) is 5.57 Å². The van der Waals surface area contributed by atoms with E-state index < -0.39 is 0 Å². The number of rotatable bonds is 1. The summed E-state index contributed by atoms with van der Waals surface area (Å²) in [6.07, 6.45) is 3.68. The Bertz CT molecular complexity index is 147. The maximum atomic E-state index is 10.0. The molecule has 8 heavy (non-hydrogen) atoms. The zero-order valence-corrected chi connectivity index (χ0v) is 5.15. The van der Waals surface area contributed by atoms with Crippen molar-refractivity contribution in [3.05, 3.63) is 22.5 Å². The van der Waals surface area contributed by atoms with Gasteiger partial charge in [-0.2, -0.15) is 0 Å². The molecule has 0 unspecified atom stereocenters. The summed E-state index contributed by atoms with van der Waals surface area (Å²) in [6, 6.07) is 0. The Morgan fingerprint density at radius 3 is 3.00 bits per heavy atom. The van der Waals surface area contributed by atoms with Crippen LogP contribution < -0.4 is 0 Å². The average molecular weight is 126 g/mol. The summed E-state index contributed by atoms with van der Waals surface area (Å²) in [5, 5.41) is 3.85. The highest BCUT2D eigenvalue weighted by molar-refractivity contribution is 8.05. The van der Waals surface area contributed by atoms with Crippen LogP contribution in [0.25, 0.3) is 0 Å². The minimum atomic E-state index is 0.802. The van der Waals surface area contributed by atoms with Gasteiger partial charge in [0.25, 0.3) is 0 Å². The van der Waals surface area contributed by atoms with Crippen LogP contribution in [-0.4, -0.2) is 6.29 Å². The van der Waals surface area contributed by atoms with Crippen LogP contribution in [0.15, 0.2) is 22.5 Å². The average Bonchev–Trinajstić information content (AvgIpc) is 1.90. The SMILES string of the molecule is O=CC1=CSC=CC1. The lowest BCUT2D eigenvalue weighted by Gasteiger charge is -1.96. The Labute approximate surface area is 52.5 Å². The van der Waals surface area contributed by atoms with Gasteiger partial charge >= 0.3 is 0 Å². The molecule has 0 saturated carbocycles. The molecule has 0 fully saturated rings. The van der Waals surface area contributed by atoms with Gasteiger partial charge in [0.1, 0.15) is 6.29 Å². The molecule has 0 saturated heterocycles. The quantitative estimate of drug-likeness (QED) is 0.497. The Morgan fingerprint density at radius 1 is 1.75 bits per heavy atom. The number of carbonyl (C=O) groups excluding carboxylic acids is 1. The third kappa shape index (κ3) is 1.23. The number of aldehydes is 1. The number of carbonyl (C=O) groups is 1. The van der Waals surface area contributed by atoms with Gasteiger partial charge < -0.3 is 0 Å². The molecule has 0 amide bonds. The first kappa shape index (κ1) is 5.63. The topological polar surface area (TPSA) is 17.1 Å². The summed E-state index contributed by atoms with van der Waals surface area (Å²) in [4.78, 5) is 10.0. The van der Waals surface area contributed by atoms with E-state index in [0.29, 0.717) is 0 Å². The van der Waals surface area contributed by atoms with E-state index in [0.717, 1.165) is 18.3 Å². The van der Waals surface area contributed by atoms with Crippen LogP contribution in [0.1, 0.15) is 6.42 Å². The fourth-order valence-electron chi connectivity index (χ4n) is 0.490. The van der Waals surface area contributed by atoms with Crippen molar-refractivity contribution in [1.82, 2.24) is 0 Å². The van der Waals surface area contributed by atoms with Crippen molar-refractivity contribution in [3.63, 3.8) is 0 Å². The van der Waals surface area contributed by atoms with E-state index in [1.165, 1.54) is 0 Å². The summed E-state index contributed by atoms with van der Waals surface area (Å²) in [5.41, 5.74) is 0.873. The lowest BCUT2D eigenvalue weighted by molar-refractivity contribution is -0.104. The zero-order valence-electron chi connectivity index (χ0n) is 4.33. The molecule has 2 heteroatoms. The van der Waals surface area contributed by atoms with Gasteiger partial charge in [0.05, 0.1) is 0 Å². The molecule has 0 aromatic rings. The largest absolute Gasteiger partial charge is 0.298 e. The molecule has 42 valence electrons. The third-order valence-corrected chi connectivity index (χ3v) is 1.69. The Kier molecular flexibility index (Phi) is 1.92. The maximum absolute atomic E-state index is 10.0. The fraction of sp³-hybridized carbons (Fsp3) is 0.167. The molecule has 0 aromatic heterocycles. The minimum Gasteiger partial charge on any atom is -0.298 e. The smallest absolute Gasteiger partial charge is 0.146 e. The fourth-order valence-corrected chi connectivity index (χ4v) is 1.10. The van der Waals surface area contributed by atoms with E-state index in [4.69, 9.17) is 0 Å². The standard InChI is InChI=1S/C6H6OS/c7-4-6-2-1-3-8-5-6/h1,3-5H,2H2. The van der Waals surface area contributed by atoms with Crippen molar-refractivity contribution in [3.8, 4) is 0 Å². The van der Waals surface area contributed by atoms with Crippen LogP contribution in [0.3, 0.4) is 0 Å². The maximum Gasteiger partial charge on any atom is 0.146 e. The summed E-state index contributed by atoms with van der Waals surface area (Å²) in [6.45, 7) is 0. The van der Waals surface area contributed by atoms with Crippen LogP contribution in [0.5, 0.6) is 0 Å². The Hall–Kier alpha value is -0.500. The highest BCUT2D eigenvalue weighted by Gasteiger charge is 1.93. The molecule has 0 N–H and O–H groups in total. The first-order valence-corrected chi connectivity index (χ1v) is 3.32. The molecule has 1 rings (SSSR count). The van der Waals surface area contributed by atoms with Gasteiger partial charge in [0.15, 0.2) is 0 Å². The predicted molar refractivity (Wildman–Crippen MR) is 35.5 cm³/mol. The van der Waals surface area contributed by atoms with Crippen molar-refractivity contribution >= 4 is 18.0 Å². The molecule has 0 spiro atoms. The molecule has 1 nitrogen and oxygen atoms in total. The molecule has 1 heterocycles. The van der Waals surface area contributed by atoms with Crippen LogP contribution >= 0.6 is 11.8 Å². The van der Waals surface area contributed by atoms with Gasteiger partial charge in [0.2, 0.25) is 0 Å². The highest BCUT2D eigenvalue weighted by atomic mass is 32.2. The van der Waals surface area contributed by atoms with Crippen LogP contribution in [-0.2, 0) is 4.79 Å². The van der Waals surface area contributed by atoms with Crippen molar-refractivity contribution in [2.75, 3.05) is 0 Å². The van der Waals surface area contributed by atoms with E-state index in [9.17, 15) is 4.79 Å². The number of allylic oxidation sites excluding steroid dienone is 2. The molecule has 0 aliphatic carbocycles. The van der Waals surface area contributed by atoms with Crippen molar-refractivity contribution in [2.45, 2.75) is 6.42 Å². The normalized spacial score (nSPS) is 17.8. The van der Waals surface area contributed by atoms with E-state index in [1.54, 1.807) is 11.8 Å². The van der Waals surface area contributed by atoms with Crippen molar-refractivity contribution in [2.24, 2.45) is 0 Å². The molecule has 1 aliphatic rings. The van der Waals surface area contributed by atoms with E-state index >= 15 is 0 Å². The number of thioether (sulfide) groups is 1. The molecule has 0 aromatic carbocycles. The van der Waals surface area contributed by atoms with Crippen LogP contribution in [0, 0.1) is 0 Å². The second-order valence-corrected chi connectivity index (χ2v) is 2.30. The van der Waals surface area contributed by atoms with Gasteiger partial charge in [-0.3, -0.25) is 4.79 Å². The first-order valence-electron chi connectivity index (χ1n) is 2.38. The first-order chi connectivity index (χ1) is 3.93. The Morgan fingerprint density at radius 2 is 2.62 bits per heavy atom. The zero-order chi connectivity index (χ0) is 5.82. The monoisotopic (exact) mass is 126 g/mol. The Balaban J connectivity index is 2.55. The summed E-state index contributed by atoms with van der Waals surface area (Å²) < 4.78 is 0. The van der Waals surface area contributed by atoms with Gasteiger partial charge in [-0.15, -0.1) is 11.8 Å². The second kappa shape index (κ2) is 2.72. The lowest BCUT2D eigenvalue weighted by atomic mass is 10.2. The van der Waals surface area contributed by atoms with Crippen LogP contribution in [0.4, 0.5) is 0 Å². The second-order valence-electron chi connectivity index (χ2n) is 1.52.